The third-order valence-electron chi connectivity index (χ3n) is 5.26. The first-order chi connectivity index (χ1) is 15.2. The Bertz CT molecular complexity index is 848. The Labute approximate surface area is 198 Å². The van der Waals surface area contributed by atoms with Crippen molar-refractivity contribution in [1.82, 2.24) is 9.55 Å². The summed E-state index contributed by atoms with van der Waals surface area (Å²) in [6.07, 6.45) is 4.36. The highest BCUT2D eigenvalue weighted by atomic mass is 35.5. The van der Waals surface area contributed by atoms with Gasteiger partial charge in [0.25, 0.3) is 0 Å². The zero-order valence-electron chi connectivity index (χ0n) is 20.0. The van der Waals surface area contributed by atoms with Crippen molar-refractivity contribution < 1.29 is 14.2 Å². The molecule has 0 amide bonds. The summed E-state index contributed by atoms with van der Waals surface area (Å²) in [6, 6.07) is 1.58. The molecule has 2 N–H and O–H groups in total. The number of aromatic nitrogens is 2. The Morgan fingerprint density at radius 2 is 1.97 bits per heavy atom. The van der Waals surface area contributed by atoms with E-state index >= 15 is 0 Å². The van der Waals surface area contributed by atoms with Crippen LogP contribution >= 0.6 is 11.6 Å². The van der Waals surface area contributed by atoms with Crippen molar-refractivity contribution in [1.29, 1.82) is 0 Å². The standard InChI is InChI=1S/C23H38ClN3O4Si/c1-6-8-13-29-17-23(16-24)20(30-14-9-7-2)18(11-15-32(3,4)5)21(31-23)27-12-10-19(25)26-22(27)28/h10,12,18,20-21H,6-9,13-14,16-17H2,1-5H3,(H2,25,26,28)/t18-,20-,21+,23+/m0/s1. The van der Waals surface area contributed by atoms with E-state index in [9.17, 15) is 4.79 Å². The fourth-order valence-electron chi connectivity index (χ4n) is 3.52. The molecule has 1 saturated heterocycles. The summed E-state index contributed by atoms with van der Waals surface area (Å²) in [5, 5.41) is 0. The summed E-state index contributed by atoms with van der Waals surface area (Å²) in [5.74, 6) is 3.34. The van der Waals surface area contributed by atoms with Gasteiger partial charge in [0.05, 0.1) is 18.4 Å². The molecule has 7 nitrogen and oxygen atoms in total. The lowest BCUT2D eigenvalue weighted by atomic mass is 9.91. The Balaban J connectivity index is 2.51. The molecule has 9 heteroatoms. The van der Waals surface area contributed by atoms with Crippen LogP contribution in [0.25, 0.3) is 0 Å². The molecule has 2 rings (SSSR count). The van der Waals surface area contributed by atoms with E-state index < -0.39 is 37.6 Å². The van der Waals surface area contributed by atoms with Crippen LogP contribution in [0.5, 0.6) is 0 Å². The van der Waals surface area contributed by atoms with Gasteiger partial charge in [0.15, 0.2) is 6.23 Å². The van der Waals surface area contributed by atoms with E-state index in [0.717, 1.165) is 25.7 Å². The molecule has 1 aromatic rings. The molecule has 0 aromatic carbocycles. The average molecular weight is 484 g/mol. The van der Waals surface area contributed by atoms with Gasteiger partial charge in [-0.1, -0.05) is 52.3 Å². The van der Waals surface area contributed by atoms with Crippen molar-refractivity contribution >= 4 is 25.5 Å². The summed E-state index contributed by atoms with van der Waals surface area (Å²) < 4.78 is 20.3. The van der Waals surface area contributed by atoms with Crippen molar-refractivity contribution in [2.75, 3.05) is 31.4 Å². The number of unbranched alkanes of at least 4 members (excludes halogenated alkanes) is 2. The van der Waals surface area contributed by atoms with E-state index in [1.807, 2.05) is 0 Å². The quantitative estimate of drug-likeness (QED) is 0.223. The Morgan fingerprint density at radius 3 is 2.56 bits per heavy atom. The zero-order valence-corrected chi connectivity index (χ0v) is 21.8. The number of hydrogen-bond donors (Lipinski definition) is 1. The second-order valence-electron chi connectivity index (χ2n) is 9.35. The van der Waals surface area contributed by atoms with Crippen molar-refractivity contribution in [2.24, 2.45) is 5.92 Å². The van der Waals surface area contributed by atoms with E-state index in [2.05, 4.69) is 49.9 Å². The predicted molar refractivity (Wildman–Crippen MR) is 131 cm³/mol. The summed E-state index contributed by atoms with van der Waals surface area (Å²) in [4.78, 5) is 16.6. The summed E-state index contributed by atoms with van der Waals surface area (Å²) in [7, 11) is -1.70. The highest BCUT2D eigenvalue weighted by Crippen LogP contribution is 2.44. The Morgan fingerprint density at radius 1 is 1.28 bits per heavy atom. The predicted octanol–water partition coefficient (Wildman–Crippen LogP) is 3.83. The first-order valence-corrected chi connectivity index (χ1v) is 15.5. The van der Waals surface area contributed by atoms with E-state index in [4.69, 9.17) is 31.5 Å². The highest BCUT2D eigenvalue weighted by Gasteiger charge is 2.56. The molecule has 32 heavy (non-hydrogen) atoms. The lowest BCUT2D eigenvalue weighted by Gasteiger charge is -2.32. The van der Waals surface area contributed by atoms with Gasteiger partial charge in [0.2, 0.25) is 0 Å². The Kier molecular flexibility index (Phi) is 10.2. The topological polar surface area (TPSA) is 88.6 Å². The third kappa shape index (κ3) is 7.06. The van der Waals surface area contributed by atoms with Gasteiger partial charge in [-0.25, -0.2) is 4.79 Å². The summed E-state index contributed by atoms with van der Waals surface area (Å²) in [5.41, 5.74) is 7.73. The molecule has 0 radical (unpaired) electrons. The molecule has 0 saturated carbocycles. The van der Waals surface area contributed by atoms with Crippen LogP contribution in [0.4, 0.5) is 5.82 Å². The molecular weight excluding hydrogens is 446 g/mol. The van der Waals surface area contributed by atoms with E-state index in [1.54, 1.807) is 12.3 Å². The highest BCUT2D eigenvalue weighted by molar-refractivity contribution is 6.83. The molecule has 0 spiro atoms. The first kappa shape index (κ1) is 26.9. The van der Waals surface area contributed by atoms with Crippen LogP contribution in [0.2, 0.25) is 19.6 Å². The zero-order chi connectivity index (χ0) is 23.8. The average Bonchev–Trinajstić information content (AvgIpc) is 3.03. The van der Waals surface area contributed by atoms with E-state index in [0.29, 0.717) is 13.2 Å². The molecule has 1 aromatic heterocycles. The molecule has 4 atom stereocenters. The molecule has 1 aliphatic heterocycles. The number of nitrogen functional groups attached to an aromatic ring is 1. The maximum atomic E-state index is 12.7. The minimum absolute atomic E-state index is 0.161. The van der Waals surface area contributed by atoms with Gasteiger partial charge in [-0.05, 0) is 18.9 Å². The van der Waals surface area contributed by atoms with Gasteiger partial charge < -0.3 is 19.9 Å². The van der Waals surface area contributed by atoms with E-state index in [1.165, 1.54) is 4.57 Å². The fourth-order valence-corrected chi connectivity index (χ4v) is 4.41. The van der Waals surface area contributed by atoms with Crippen LogP contribution in [0.3, 0.4) is 0 Å². The number of alkyl halides is 1. The number of ether oxygens (including phenoxy) is 3. The minimum atomic E-state index is -1.70. The van der Waals surface area contributed by atoms with Crippen LogP contribution < -0.4 is 11.4 Å². The summed E-state index contributed by atoms with van der Waals surface area (Å²) in [6.45, 7) is 12.2. The number of anilines is 1. The second-order valence-corrected chi connectivity index (χ2v) is 14.4. The summed E-state index contributed by atoms with van der Waals surface area (Å²) >= 11 is 6.51. The molecule has 0 aliphatic carbocycles. The van der Waals surface area contributed by atoms with Crippen molar-refractivity contribution in [3.8, 4) is 11.5 Å². The van der Waals surface area contributed by atoms with Crippen molar-refractivity contribution in [3.05, 3.63) is 22.7 Å². The second kappa shape index (κ2) is 12.2. The monoisotopic (exact) mass is 483 g/mol. The normalized spacial score (nSPS) is 25.5. The number of nitrogens with two attached hydrogens (primary N) is 1. The number of nitrogens with zero attached hydrogens (tertiary/aromatic N) is 2. The first-order valence-electron chi connectivity index (χ1n) is 11.5. The molecule has 180 valence electrons. The van der Waals surface area contributed by atoms with Crippen LogP contribution in [-0.4, -0.2) is 55.0 Å². The number of hydrogen-bond acceptors (Lipinski definition) is 6. The van der Waals surface area contributed by atoms with Crippen molar-refractivity contribution in [2.45, 2.75) is 77.1 Å². The fraction of sp³-hybridized carbons (Fsp3) is 0.739. The molecule has 1 aliphatic rings. The number of halogens is 1. The van der Waals surface area contributed by atoms with Gasteiger partial charge >= 0.3 is 5.69 Å². The van der Waals surface area contributed by atoms with Crippen LogP contribution in [0, 0.1) is 17.4 Å². The van der Waals surface area contributed by atoms with Gasteiger partial charge in [-0.2, -0.15) is 4.98 Å². The maximum absolute atomic E-state index is 12.7. The van der Waals surface area contributed by atoms with Crippen LogP contribution in [0.15, 0.2) is 17.1 Å². The SMILES string of the molecule is CCCCOC[C@@]1(CCl)O[C@@H](n2ccc(N)nc2=O)[C@@H](C#C[Si](C)(C)C)[C@@H]1OCCCC. The van der Waals surface area contributed by atoms with Gasteiger partial charge in [-0.3, -0.25) is 4.57 Å². The van der Waals surface area contributed by atoms with Crippen LogP contribution in [-0.2, 0) is 14.2 Å². The van der Waals surface area contributed by atoms with E-state index in [-0.39, 0.29) is 18.3 Å². The minimum Gasteiger partial charge on any atom is -0.383 e. The lowest BCUT2D eigenvalue weighted by molar-refractivity contribution is -0.140. The van der Waals surface area contributed by atoms with Gasteiger partial charge in [-0.15, -0.1) is 17.1 Å². The largest absolute Gasteiger partial charge is 0.383 e. The molecule has 0 unspecified atom stereocenters. The smallest absolute Gasteiger partial charge is 0.351 e. The van der Waals surface area contributed by atoms with Crippen LogP contribution in [0.1, 0.15) is 45.8 Å². The maximum Gasteiger partial charge on any atom is 0.351 e. The molecule has 0 bridgehead atoms. The third-order valence-corrected chi connectivity index (χ3v) is 6.60. The van der Waals surface area contributed by atoms with Gasteiger partial charge in [0, 0.05) is 19.4 Å². The molecule has 2 heterocycles. The molecular formula is C23H38ClN3O4Si. The van der Waals surface area contributed by atoms with Gasteiger partial charge in [0.1, 0.15) is 25.6 Å². The molecule has 1 fully saturated rings. The lowest BCUT2D eigenvalue weighted by Crippen LogP contribution is -2.49. The van der Waals surface area contributed by atoms with Crippen molar-refractivity contribution in [3.63, 3.8) is 0 Å². The number of rotatable bonds is 11. The Hall–Kier alpha value is -1.37.